The van der Waals surface area contributed by atoms with Crippen molar-refractivity contribution < 1.29 is 13.9 Å². The van der Waals surface area contributed by atoms with E-state index in [1.54, 1.807) is 24.3 Å². The van der Waals surface area contributed by atoms with Gasteiger partial charge in [0.1, 0.15) is 17.4 Å². The first kappa shape index (κ1) is 11.7. The van der Waals surface area contributed by atoms with Gasteiger partial charge >= 0.3 is 0 Å². The summed E-state index contributed by atoms with van der Waals surface area (Å²) in [4.78, 5) is 0. The van der Waals surface area contributed by atoms with Gasteiger partial charge in [0, 0.05) is 10.9 Å². The third-order valence-electron chi connectivity index (χ3n) is 3.12. The van der Waals surface area contributed by atoms with Crippen LogP contribution >= 0.6 is 0 Å². The van der Waals surface area contributed by atoms with E-state index in [1.807, 2.05) is 6.07 Å². The number of aromatic hydroxyl groups is 1. The van der Waals surface area contributed by atoms with Crippen LogP contribution in [0.15, 0.2) is 54.6 Å². The minimum atomic E-state index is -0.676. The Labute approximate surface area is 108 Å². The molecule has 3 rings (SSSR count). The van der Waals surface area contributed by atoms with Gasteiger partial charge in [0.05, 0.1) is 5.39 Å². The Balaban J connectivity index is 2.38. The van der Waals surface area contributed by atoms with Gasteiger partial charge in [-0.3, -0.25) is 0 Å². The minimum absolute atomic E-state index is 0.109. The molecule has 0 atom stereocenters. The van der Waals surface area contributed by atoms with Gasteiger partial charge in [0.25, 0.3) is 0 Å². The molecule has 0 aliphatic carbocycles. The number of fused-ring (bicyclic) bond motifs is 1. The fourth-order valence-corrected chi connectivity index (χ4v) is 2.21. The zero-order chi connectivity index (χ0) is 13.4. The summed E-state index contributed by atoms with van der Waals surface area (Å²) >= 11 is 0. The zero-order valence-corrected chi connectivity index (χ0v) is 9.90. The topological polar surface area (TPSA) is 20.2 Å². The van der Waals surface area contributed by atoms with E-state index in [2.05, 4.69) is 0 Å². The maximum atomic E-state index is 14.0. The minimum Gasteiger partial charge on any atom is -0.507 e. The summed E-state index contributed by atoms with van der Waals surface area (Å²) in [6, 6.07) is 14.2. The second kappa shape index (κ2) is 4.35. The van der Waals surface area contributed by atoms with Crippen LogP contribution in [0.4, 0.5) is 8.78 Å². The van der Waals surface area contributed by atoms with Crippen LogP contribution in [0.2, 0.25) is 0 Å². The van der Waals surface area contributed by atoms with E-state index in [0.717, 1.165) is 6.07 Å². The van der Waals surface area contributed by atoms with Crippen molar-refractivity contribution in [3.05, 3.63) is 66.2 Å². The van der Waals surface area contributed by atoms with Gasteiger partial charge in [0.15, 0.2) is 0 Å². The molecule has 3 heteroatoms. The van der Waals surface area contributed by atoms with Gasteiger partial charge in [-0.15, -0.1) is 0 Å². The van der Waals surface area contributed by atoms with Gasteiger partial charge in [-0.05, 0) is 17.7 Å². The molecule has 3 aromatic carbocycles. The molecule has 0 amide bonds. The molecule has 94 valence electrons. The lowest BCUT2D eigenvalue weighted by molar-refractivity contribution is 0.482. The van der Waals surface area contributed by atoms with Crippen LogP contribution in [-0.2, 0) is 0 Å². The Kier molecular flexibility index (Phi) is 2.67. The van der Waals surface area contributed by atoms with E-state index in [1.165, 1.54) is 18.2 Å². The first-order chi connectivity index (χ1) is 9.18. The van der Waals surface area contributed by atoms with Gasteiger partial charge in [0.2, 0.25) is 0 Å². The summed E-state index contributed by atoms with van der Waals surface area (Å²) in [6.07, 6.45) is 0. The third-order valence-corrected chi connectivity index (χ3v) is 3.12. The predicted molar refractivity (Wildman–Crippen MR) is 71.0 cm³/mol. The van der Waals surface area contributed by atoms with Crippen molar-refractivity contribution in [1.29, 1.82) is 0 Å². The molecule has 0 saturated carbocycles. The standard InChI is InChI=1S/C16H10F2O/c17-13-8-4-7-11-15(13)14(18)9-12(16(11)19)10-5-2-1-3-6-10/h1-9,19H. The van der Waals surface area contributed by atoms with Crippen LogP contribution in [0.3, 0.4) is 0 Å². The number of rotatable bonds is 1. The molecule has 3 aromatic rings. The number of phenols is 1. The first-order valence-electron chi connectivity index (χ1n) is 5.83. The molecule has 1 N–H and O–H groups in total. The second-order valence-electron chi connectivity index (χ2n) is 4.28. The van der Waals surface area contributed by atoms with Gasteiger partial charge in [-0.2, -0.15) is 0 Å². The molecule has 0 aliphatic heterocycles. The van der Waals surface area contributed by atoms with Crippen molar-refractivity contribution in [1.82, 2.24) is 0 Å². The average molecular weight is 256 g/mol. The lowest BCUT2D eigenvalue weighted by atomic mass is 9.99. The second-order valence-corrected chi connectivity index (χ2v) is 4.28. The Morgan fingerprint density at radius 3 is 2.26 bits per heavy atom. The van der Waals surface area contributed by atoms with Crippen molar-refractivity contribution in [3.63, 3.8) is 0 Å². The number of benzene rings is 3. The SMILES string of the molecule is Oc1c(-c2ccccc2)cc(F)c2c(F)cccc12. The summed E-state index contributed by atoms with van der Waals surface area (Å²) in [6.45, 7) is 0. The lowest BCUT2D eigenvalue weighted by Gasteiger charge is -2.10. The van der Waals surface area contributed by atoms with Crippen LogP contribution in [-0.4, -0.2) is 5.11 Å². The quantitative estimate of drug-likeness (QED) is 0.680. The van der Waals surface area contributed by atoms with Crippen molar-refractivity contribution in [2.75, 3.05) is 0 Å². The van der Waals surface area contributed by atoms with Crippen molar-refractivity contribution in [2.24, 2.45) is 0 Å². The van der Waals surface area contributed by atoms with Crippen molar-refractivity contribution in [2.45, 2.75) is 0 Å². The largest absolute Gasteiger partial charge is 0.507 e. The predicted octanol–water partition coefficient (Wildman–Crippen LogP) is 4.49. The summed E-state index contributed by atoms with van der Waals surface area (Å²) in [5.41, 5.74) is 1.04. The summed E-state index contributed by atoms with van der Waals surface area (Å²) in [5, 5.41) is 10.2. The van der Waals surface area contributed by atoms with Gasteiger partial charge < -0.3 is 5.11 Å². The number of halogens is 2. The lowest BCUT2D eigenvalue weighted by Crippen LogP contribution is -1.89. The highest BCUT2D eigenvalue weighted by Crippen LogP contribution is 2.38. The molecule has 0 bridgehead atoms. The number of hydrogen-bond donors (Lipinski definition) is 1. The fraction of sp³-hybridized carbons (Fsp3) is 0. The highest BCUT2D eigenvalue weighted by Gasteiger charge is 2.15. The average Bonchev–Trinajstić information content (AvgIpc) is 2.43. The number of phenolic OH excluding ortho intramolecular Hbond substituents is 1. The molecule has 19 heavy (non-hydrogen) atoms. The molecule has 0 radical (unpaired) electrons. The smallest absolute Gasteiger partial charge is 0.134 e. The highest BCUT2D eigenvalue weighted by molar-refractivity contribution is 5.95. The molecule has 0 fully saturated rings. The van der Waals surface area contributed by atoms with Crippen molar-refractivity contribution in [3.8, 4) is 16.9 Å². The molecule has 0 saturated heterocycles. The monoisotopic (exact) mass is 256 g/mol. The fourth-order valence-electron chi connectivity index (χ4n) is 2.21. The molecular formula is C16H10F2O. The van der Waals surface area contributed by atoms with Gasteiger partial charge in [-0.1, -0.05) is 42.5 Å². The Morgan fingerprint density at radius 1 is 0.789 bits per heavy atom. The van der Waals surface area contributed by atoms with Gasteiger partial charge in [-0.25, -0.2) is 8.78 Å². The van der Waals surface area contributed by atoms with Crippen LogP contribution < -0.4 is 0 Å². The van der Waals surface area contributed by atoms with Crippen LogP contribution in [0.25, 0.3) is 21.9 Å². The van der Waals surface area contributed by atoms with Crippen molar-refractivity contribution >= 4 is 10.8 Å². The highest BCUT2D eigenvalue weighted by atomic mass is 19.1. The molecule has 0 heterocycles. The van der Waals surface area contributed by atoms with E-state index < -0.39 is 11.6 Å². The van der Waals surface area contributed by atoms with Crippen LogP contribution in [0, 0.1) is 11.6 Å². The third kappa shape index (κ3) is 1.83. The van der Waals surface area contributed by atoms with E-state index in [-0.39, 0.29) is 16.5 Å². The van der Waals surface area contributed by atoms with E-state index in [9.17, 15) is 13.9 Å². The maximum Gasteiger partial charge on any atom is 0.134 e. The summed E-state index contributed by atoms with van der Waals surface area (Å²) in [7, 11) is 0. The number of hydrogen-bond acceptors (Lipinski definition) is 1. The molecule has 0 unspecified atom stereocenters. The Bertz CT molecular complexity index is 752. The van der Waals surface area contributed by atoms with Crippen LogP contribution in [0.1, 0.15) is 0 Å². The Hall–Kier alpha value is -2.42. The van der Waals surface area contributed by atoms with E-state index in [0.29, 0.717) is 11.1 Å². The molecular weight excluding hydrogens is 246 g/mol. The first-order valence-corrected chi connectivity index (χ1v) is 5.83. The zero-order valence-electron chi connectivity index (χ0n) is 9.90. The molecule has 1 nitrogen and oxygen atoms in total. The summed E-state index contributed by atoms with van der Waals surface area (Å²) < 4.78 is 27.6. The molecule has 0 aliphatic rings. The Morgan fingerprint density at radius 2 is 1.53 bits per heavy atom. The summed E-state index contributed by atoms with van der Waals surface area (Å²) in [5.74, 6) is -1.46. The molecule has 0 spiro atoms. The maximum absolute atomic E-state index is 14.0. The molecule has 0 aromatic heterocycles. The van der Waals surface area contributed by atoms with E-state index >= 15 is 0 Å². The normalized spacial score (nSPS) is 10.8. The van der Waals surface area contributed by atoms with Crippen LogP contribution in [0.5, 0.6) is 5.75 Å². The van der Waals surface area contributed by atoms with E-state index in [4.69, 9.17) is 0 Å².